The summed E-state index contributed by atoms with van der Waals surface area (Å²) in [5, 5.41) is 9.09. The van der Waals surface area contributed by atoms with Crippen LogP contribution in [0, 0.1) is 17.3 Å². The van der Waals surface area contributed by atoms with E-state index in [4.69, 9.17) is 5.11 Å². The van der Waals surface area contributed by atoms with Gasteiger partial charge in [-0.2, -0.15) is 0 Å². The van der Waals surface area contributed by atoms with Gasteiger partial charge in [-0.15, -0.1) is 0 Å². The van der Waals surface area contributed by atoms with Crippen LogP contribution < -0.4 is 0 Å². The molecule has 1 aliphatic heterocycles. The van der Waals surface area contributed by atoms with Crippen LogP contribution in [-0.2, 0) is 9.59 Å². The number of carbonyl (C=O) groups is 2. The highest BCUT2D eigenvalue weighted by Gasteiger charge is 2.53. The Bertz CT molecular complexity index is 558. The van der Waals surface area contributed by atoms with Crippen LogP contribution >= 0.6 is 0 Å². The van der Waals surface area contributed by atoms with Crippen molar-refractivity contribution in [2.45, 2.75) is 46.1 Å². The third kappa shape index (κ3) is 2.21. The number of nitrogens with zero attached hydrogens (tertiary/aromatic N) is 1. The zero-order valence-electron chi connectivity index (χ0n) is 12.9. The van der Waals surface area contributed by atoms with Gasteiger partial charge in [0.05, 0.1) is 6.04 Å². The summed E-state index contributed by atoms with van der Waals surface area (Å²) in [7, 11) is 0. The zero-order chi connectivity index (χ0) is 15.4. The molecule has 0 radical (unpaired) electrons. The van der Waals surface area contributed by atoms with Crippen molar-refractivity contribution in [3.63, 3.8) is 0 Å². The molecule has 0 spiro atoms. The van der Waals surface area contributed by atoms with Gasteiger partial charge < -0.3 is 10.0 Å². The maximum Gasteiger partial charge on any atom is 0.323 e. The first-order valence-electron chi connectivity index (χ1n) is 7.71. The van der Waals surface area contributed by atoms with E-state index in [-0.39, 0.29) is 23.9 Å². The third-order valence-corrected chi connectivity index (χ3v) is 5.56. The first-order chi connectivity index (χ1) is 9.80. The lowest BCUT2D eigenvalue weighted by atomic mass is 9.56. The molecule has 114 valence electrons. The molecule has 0 aromatic rings. The van der Waals surface area contributed by atoms with E-state index in [2.05, 4.69) is 26.8 Å². The maximum atomic E-state index is 12.2. The van der Waals surface area contributed by atoms with Crippen molar-refractivity contribution in [3.05, 3.63) is 23.3 Å². The minimum atomic E-state index is -0.935. The lowest BCUT2D eigenvalue weighted by Crippen LogP contribution is -2.54. The number of rotatable bonds is 2. The Kier molecular flexibility index (Phi) is 3.23. The van der Waals surface area contributed by atoms with Crippen molar-refractivity contribution in [3.8, 4) is 0 Å². The Morgan fingerprint density at radius 2 is 2.19 bits per heavy atom. The van der Waals surface area contributed by atoms with E-state index in [0.29, 0.717) is 11.8 Å². The topological polar surface area (TPSA) is 57.6 Å². The first-order valence-corrected chi connectivity index (χ1v) is 7.71. The molecule has 3 atom stereocenters. The lowest BCUT2D eigenvalue weighted by molar-refractivity contribution is -0.145. The van der Waals surface area contributed by atoms with Crippen LogP contribution in [0.1, 0.15) is 40.0 Å². The summed E-state index contributed by atoms with van der Waals surface area (Å²) in [6.07, 6.45) is 7.21. The molecule has 1 amide bonds. The van der Waals surface area contributed by atoms with Crippen molar-refractivity contribution in [2.75, 3.05) is 6.54 Å². The summed E-state index contributed by atoms with van der Waals surface area (Å²) in [4.78, 5) is 24.8. The van der Waals surface area contributed by atoms with E-state index in [9.17, 15) is 9.59 Å². The molecule has 1 fully saturated rings. The van der Waals surface area contributed by atoms with E-state index >= 15 is 0 Å². The first kappa shape index (κ1) is 14.4. The molecule has 21 heavy (non-hydrogen) atoms. The highest BCUT2D eigenvalue weighted by Crippen LogP contribution is 2.54. The lowest BCUT2D eigenvalue weighted by Gasteiger charge is -2.52. The number of carboxylic acid groups (broad SMARTS) is 1. The molecule has 0 aromatic carbocycles. The Balaban J connectivity index is 1.97. The van der Waals surface area contributed by atoms with Gasteiger partial charge in [-0.25, -0.2) is 0 Å². The quantitative estimate of drug-likeness (QED) is 0.795. The summed E-state index contributed by atoms with van der Waals surface area (Å²) in [6.45, 7) is 6.38. The van der Waals surface area contributed by atoms with Gasteiger partial charge in [0.25, 0.3) is 0 Å². The van der Waals surface area contributed by atoms with Crippen LogP contribution in [0.25, 0.3) is 0 Å². The number of aliphatic carboxylic acids is 1. The maximum absolute atomic E-state index is 12.2. The summed E-state index contributed by atoms with van der Waals surface area (Å²) >= 11 is 0. The standard InChI is InChI=1S/C17H23NO3/c1-10-4-5-13-11(6-10)7-12-8-14(19)18(9-15(20)21)16(12)17(13,2)3/h6,8,11,13,16H,4-5,7,9H2,1-3H3,(H,20,21). The highest BCUT2D eigenvalue weighted by atomic mass is 16.4. The van der Waals surface area contributed by atoms with Crippen molar-refractivity contribution in [1.82, 2.24) is 4.90 Å². The summed E-state index contributed by atoms with van der Waals surface area (Å²) < 4.78 is 0. The molecule has 1 N–H and O–H groups in total. The second-order valence-electron chi connectivity index (χ2n) is 7.33. The van der Waals surface area contributed by atoms with Gasteiger partial charge in [0.2, 0.25) is 5.91 Å². The van der Waals surface area contributed by atoms with Crippen molar-refractivity contribution in [1.29, 1.82) is 0 Å². The zero-order valence-corrected chi connectivity index (χ0v) is 12.9. The van der Waals surface area contributed by atoms with E-state index in [1.807, 2.05) is 0 Å². The Morgan fingerprint density at radius 1 is 1.48 bits per heavy atom. The molecule has 3 unspecified atom stereocenters. The molecule has 1 heterocycles. The fraction of sp³-hybridized carbons (Fsp3) is 0.647. The third-order valence-electron chi connectivity index (χ3n) is 5.56. The molecular formula is C17H23NO3. The average molecular weight is 289 g/mol. The number of carboxylic acids is 1. The van der Waals surface area contributed by atoms with Gasteiger partial charge in [-0.1, -0.05) is 25.5 Å². The van der Waals surface area contributed by atoms with Gasteiger partial charge in [0, 0.05) is 6.08 Å². The van der Waals surface area contributed by atoms with Crippen molar-refractivity contribution >= 4 is 11.9 Å². The number of amides is 1. The van der Waals surface area contributed by atoms with E-state index in [1.54, 1.807) is 11.0 Å². The van der Waals surface area contributed by atoms with Gasteiger partial charge >= 0.3 is 5.97 Å². The molecule has 2 aliphatic carbocycles. The smallest absolute Gasteiger partial charge is 0.323 e. The Morgan fingerprint density at radius 3 is 2.86 bits per heavy atom. The average Bonchev–Trinajstić information content (AvgIpc) is 2.65. The van der Waals surface area contributed by atoms with Gasteiger partial charge in [0.15, 0.2) is 0 Å². The minimum Gasteiger partial charge on any atom is -0.480 e. The monoisotopic (exact) mass is 289 g/mol. The summed E-state index contributed by atoms with van der Waals surface area (Å²) in [6, 6.07) is -0.0471. The fourth-order valence-corrected chi connectivity index (χ4v) is 4.77. The molecule has 0 saturated heterocycles. The van der Waals surface area contributed by atoms with Crippen molar-refractivity contribution in [2.24, 2.45) is 17.3 Å². The normalized spacial score (nSPS) is 34.0. The predicted octanol–water partition coefficient (Wildman–Crippen LogP) is 2.61. The van der Waals surface area contributed by atoms with E-state index in [1.165, 1.54) is 5.57 Å². The molecule has 1 saturated carbocycles. The molecule has 4 heteroatoms. The number of allylic oxidation sites excluding steroid dienone is 2. The van der Waals surface area contributed by atoms with Gasteiger partial charge in [-0.05, 0) is 49.0 Å². The van der Waals surface area contributed by atoms with Crippen LogP contribution in [0.5, 0.6) is 0 Å². The molecule has 4 nitrogen and oxygen atoms in total. The van der Waals surface area contributed by atoms with Crippen LogP contribution in [0.4, 0.5) is 0 Å². The molecule has 3 rings (SSSR count). The molecule has 3 aliphatic rings. The van der Waals surface area contributed by atoms with Crippen molar-refractivity contribution < 1.29 is 14.7 Å². The van der Waals surface area contributed by atoms with E-state index in [0.717, 1.165) is 24.8 Å². The Labute approximate surface area is 125 Å². The molecule has 0 aromatic heterocycles. The number of fused-ring (bicyclic) bond motifs is 2. The highest BCUT2D eigenvalue weighted by molar-refractivity contribution is 5.94. The van der Waals surface area contributed by atoms with Crippen LogP contribution in [0.15, 0.2) is 23.3 Å². The number of hydrogen-bond donors (Lipinski definition) is 1. The number of carbonyl (C=O) groups excluding carboxylic acids is 1. The largest absolute Gasteiger partial charge is 0.480 e. The number of hydrogen-bond acceptors (Lipinski definition) is 2. The second kappa shape index (κ2) is 4.72. The second-order valence-corrected chi connectivity index (χ2v) is 7.33. The molecular weight excluding hydrogens is 266 g/mol. The SMILES string of the molecule is CC1=CC2CC3=CC(=O)N(CC(=O)O)C3C(C)(C)C2CC1. The Hall–Kier alpha value is -1.58. The van der Waals surface area contributed by atoms with Crippen LogP contribution in [0.2, 0.25) is 0 Å². The van der Waals surface area contributed by atoms with Gasteiger partial charge in [0.1, 0.15) is 6.54 Å². The van der Waals surface area contributed by atoms with Gasteiger partial charge in [-0.3, -0.25) is 9.59 Å². The fourth-order valence-electron chi connectivity index (χ4n) is 4.77. The predicted molar refractivity (Wildman–Crippen MR) is 79.6 cm³/mol. The van der Waals surface area contributed by atoms with E-state index < -0.39 is 5.97 Å². The van der Waals surface area contributed by atoms with Crippen LogP contribution in [-0.4, -0.2) is 34.5 Å². The van der Waals surface area contributed by atoms with Crippen LogP contribution in [0.3, 0.4) is 0 Å². The molecule has 0 bridgehead atoms. The minimum absolute atomic E-state index is 0.0471. The summed E-state index contributed by atoms with van der Waals surface area (Å²) in [5.74, 6) is -0.0560. The summed E-state index contributed by atoms with van der Waals surface area (Å²) in [5.41, 5.74) is 2.49.